The van der Waals surface area contributed by atoms with Gasteiger partial charge in [-0.3, -0.25) is 14.3 Å². The van der Waals surface area contributed by atoms with Gasteiger partial charge in [0, 0.05) is 16.8 Å². The molecule has 0 atom stereocenters. The van der Waals surface area contributed by atoms with E-state index in [1.54, 1.807) is 6.07 Å². The van der Waals surface area contributed by atoms with Gasteiger partial charge >= 0.3 is 0 Å². The first-order valence-corrected chi connectivity index (χ1v) is 10.6. The van der Waals surface area contributed by atoms with Crippen LogP contribution < -0.4 is 14.8 Å². The third-order valence-corrected chi connectivity index (χ3v) is 4.48. The first-order chi connectivity index (χ1) is 13.4. The number of phenolic OH excluding ortho intramolecular Hbond substituents is 1. The summed E-state index contributed by atoms with van der Waals surface area (Å²) in [7, 11) is -3.38. The number of anilines is 2. The predicted octanol–water partition coefficient (Wildman–Crippen LogP) is 2.89. The Morgan fingerprint density at radius 3 is 2.31 bits per heavy atom. The van der Waals surface area contributed by atoms with Gasteiger partial charge in [-0.05, 0) is 41.8 Å². The molecule has 0 aliphatic heterocycles. The number of ether oxygens (including phenoxy) is 1. The van der Waals surface area contributed by atoms with Gasteiger partial charge in [-0.15, -0.1) is 0 Å². The maximum absolute atomic E-state index is 12.2. The van der Waals surface area contributed by atoms with Crippen molar-refractivity contribution in [2.75, 3.05) is 22.9 Å². The molecule has 0 fully saturated rings. The molecule has 1 amide bonds. The fourth-order valence-corrected chi connectivity index (χ4v) is 3.12. The fourth-order valence-electron chi connectivity index (χ4n) is 2.56. The lowest BCUT2D eigenvalue weighted by Crippen LogP contribution is -2.21. The second kappa shape index (κ2) is 8.52. The molecule has 0 aliphatic carbocycles. The number of aldehydes is 1. The molecule has 3 N–H and O–H groups in total. The third-order valence-electron chi connectivity index (χ3n) is 3.88. The zero-order valence-corrected chi connectivity index (χ0v) is 17.5. The zero-order valence-electron chi connectivity index (χ0n) is 16.6. The standard InChI is InChI=1S/C20H24N2O6S/c1-20(2,3)16-9-13(11-23)10-17(19(16)25)21-18(24)12-28-15-7-5-14(6-8-15)22-29(4,26)27/h5-11,22,25H,12H2,1-4H3,(H,21,24). The van der Waals surface area contributed by atoms with Crippen LogP contribution >= 0.6 is 0 Å². The van der Waals surface area contributed by atoms with Crippen LogP contribution in [0.3, 0.4) is 0 Å². The Kier molecular flexibility index (Phi) is 6.53. The van der Waals surface area contributed by atoms with Gasteiger partial charge in [0.25, 0.3) is 5.91 Å². The number of benzene rings is 2. The number of hydrogen-bond acceptors (Lipinski definition) is 6. The molecule has 0 bridgehead atoms. The number of aromatic hydroxyl groups is 1. The molecule has 0 heterocycles. The van der Waals surface area contributed by atoms with Crippen LogP contribution in [0.2, 0.25) is 0 Å². The molecule has 0 saturated heterocycles. The number of carbonyl (C=O) groups is 2. The summed E-state index contributed by atoms with van der Waals surface area (Å²) >= 11 is 0. The summed E-state index contributed by atoms with van der Waals surface area (Å²) in [5.41, 5.74) is 0.932. The van der Waals surface area contributed by atoms with Gasteiger partial charge in [0.2, 0.25) is 10.0 Å². The summed E-state index contributed by atoms with van der Waals surface area (Å²) < 4.78 is 30.1. The SMILES string of the molecule is CC(C)(C)c1cc(C=O)cc(NC(=O)COc2ccc(NS(C)(=O)=O)cc2)c1O. The summed E-state index contributed by atoms with van der Waals surface area (Å²) in [5.74, 6) is -0.269. The first kappa shape index (κ1) is 22.2. The fraction of sp³-hybridized carbons (Fsp3) is 0.300. The lowest BCUT2D eigenvalue weighted by atomic mass is 9.85. The molecular formula is C20H24N2O6S. The van der Waals surface area contributed by atoms with Crippen molar-refractivity contribution in [3.63, 3.8) is 0 Å². The molecular weight excluding hydrogens is 396 g/mol. The van der Waals surface area contributed by atoms with Crippen LogP contribution in [0.5, 0.6) is 11.5 Å². The van der Waals surface area contributed by atoms with E-state index in [-0.39, 0.29) is 18.0 Å². The number of sulfonamides is 1. The summed E-state index contributed by atoms with van der Waals surface area (Å²) in [5, 5.41) is 13.0. The minimum atomic E-state index is -3.38. The van der Waals surface area contributed by atoms with Crippen molar-refractivity contribution in [1.29, 1.82) is 0 Å². The lowest BCUT2D eigenvalue weighted by Gasteiger charge is -2.22. The monoisotopic (exact) mass is 420 g/mol. The topological polar surface area (TPSA) is 122 Å². The predicted molar refractivity (Wildman–Crippen MR) is 111 cm³/mol. The van der Waals surface area contributed by atoms with Gasteiger partial charge < -0.3 is 15.2 Å². The largest absolute Gasteiger partial charge is 0.505 e. The van der Waals surface area contributed by atoms with Crippen LogP contribution in [-0.4, -0.2) is 38.6 Å². The van der Waals surface area contributed by atoms with Crippen molar-refractivity contribution in [2.24, 2.45) is 0 Å². The Balaban J connectivity index is 2.07. The van der Waals surface area contributed by atoms with Gasteiger partial charge in [0.05, 0.1) is 11.9 Å². The van der Waals surface area contributed by atoms with Crippen LogP contribution in [0.25, 0.3) is 0 Å². The summed E-state index contributed by atoms with van der Waals surface area (Å²) in [6.07, 6.45) is 1.69. The van der Waals surface area contributed by atoms with Crippen molar-refractivity contribution < 1.29 is 27.9 Å². The van der Waals surface area contributed by atoms with E-state index >= 15 is 0 Å². The molecule has 8 nitrogen and oxygen atoms in total. The normalized spacial score (nSPS) is 11.6. The average Bonchev–Trinajstić information content (AvgIpc) is 2.60. The zero-order chi connectivity index (χ0) is 21.8. The maximum Gasteiger partial charge on any atom is 0.262 e. The molecule has 0 aromatic heterocycles. The Morgan fingerprint density at radius 1 is 1.17 bits per heavy atom. The molecule has 0 aliphatic rings. The summed E-state index contributed by atoms with van der Waals surface area (Å²) in [6.45, 7) is 5.31. The van der Waals surface area contributed by atoms with Crippen molar-refractivity contribution in [3.8, 4) is 11.5 Å². The van der Waals surface area contributed by atoms with Crippen molar-refractivity contribution in [1.82, 2.24) is 0 Å². The minimum Gasteiger partial charge on any atom is -0.505 e. The molecule has 0 radical (unpaired) electrons. The highest BCUT2D eigenvalue weighted by Crippen LogP contribution is 2.37. The summed E-state index contributed by atoms with van der Waals surface area (Å²) in [6, 6.07) is 9.01. The molecule has 0 spiro atoms. The number of hydrogen-bond donors (Lipinski definition) is 3. The van der Waals surface area contributed by atoms with Crippen LogP contribution in [0, 0.1) is 0 Å². The van der Waals surface area contributed by atoms with E-state index in [1.165, 1.54) is 30.3 Å². The number of rotatable bonds is 7. The van der Waals surface area contributed by atoms with Gasteiger partial charge in [0.15, 0.2) is 6.61 Å². The Bertz CT molecular complexity index is 1010. The van der Waals surface area contributed by atoms with Crippen LogP contribution in [0.4, 0.5) is 11.4 Å². The van der Waals surface area contributed by atoms with Crippen molar-refractivity contribution >= 4 is 33.6 Å². The molecule has 29 heavy (non-hydrogen) atoms. The van der Waals surface area contributed by atoms with Gasteiger partial charge in [0.1, 0.15) is 17.8 Å². The van der Waals surface area contributed by atoms with Crippen LogP contribution in [-0.2, 0) is 20.2 Å². The van der Waals surface area contributed by atoms with E-state index in [0.717, 1.165) is 6.26 Å². The second-order valence-electron chi connectivity index (χ2n) is 7.57. The molecule has 2 aromatic carbocycles. The summed E-state index contributed by atoms with van der Waals surface area (Å²) in [4.78, 5) is 23.4. The molecule has 0 saturated carbocycles. The lowest BCUT2D eigenvalue weighted by molar-refractivity contribution is -0.118. The highest BCUT2D eigenvalue weighted by molar-refractivity contribution is 7.92. The Morgan fingerprint density at radius 2 is 1.79 bits per heavy atom. The number of phenols is 1. The maximum atomic E-state index is 12.2. The number of amides is 1. The number of nitrogens with one attached hydrogen (secondary N) is 2. The van der Waals surface area contributed by atoms with E-state index in [1.807, 2.05) is 20.8 Å². The first-order valence-electron chi connectivity index (χ1n) is 8.72. The van der Waals surface area contributed by atoms with Crippen LogP contribution in [0.1, 0.15) is 36.7 Å². The van der Waals surface area contributed by atoms with E-state index in [4.69, 9.17) is 4.74 Å². The van der Waals surface area contributed by atoms with E-state index in [2.05, 4.69) is 10.0 Å². The van der Waals surface area contributed by atoms with E-state index in [0.29, 0.717) is 28.8 Å². The van der Waals surface area contributed by atoms with Crippen molar-refractivity contribution in [3.05, 3.63) is 47.5 Å². The van der Waals surface area contributed by atoms with Gasteiger partial charge in [-0.25, -0.2) is 8.42 Å². The minimum absolute atomic E-state index is 0.104. The average molecular weight is 420 g/mol. The molecule has 0 unspecified atom stereocenters. The Hall–Kier alpha value is -3.07. The Labute approximate surface area is 169 Å². The smallest absolute Gasteiger partial charge is 0.262 e. The quantitative estimate of drug-likeness (QED) is 0.468. The van der Waals surface area contributed by atoms with Crippen LogP contribution in [0.15, 0.2) is 36.4 Å². The van der Waals surface area contributed by atoms with Gasteiger partial charge in [-0.1, -0.05) is 20.8 Å². The highest BCUT2D eigenvalue weighted by Gasteiger charge is 2.22. The second-order valence-corrected chi connectivity index (χ2v) is 9.32. The molecule has 156 valence electrons. The molecule has 9 heteroatoms. The van der Waals surface area contributed by atoms with E-state index in [9.17, 15) is 23.1 Å². The third kappa shape index (κ3) is 6.49. The van der Waals surface area contributed by atoms with Crippen molar-refractivity contribution in [2.45, 2.75) is 26.2 Å². The molecule has 2 rings (SSSR count). The molecule has 2 aromatic rings. The highest BCUT2D eigenvalue weighted by atomic mass is 32.2. The number of carbonyl (C=O) groups excluding carboxylic acids is 2. The van der Waals surface area contributed by atoms with E-state index < -0.39 is 21.3 Å². The van der Waals surface area contributed by atoms with Gasteiger partial charge in [-0.2, -0.15) is 0 Å².